The largest absolute Gasteiger partial charge is 0.468 e. The van der Waals surface area contributed by atoms with Crippen molar-refractivity contribution in [1.82, 2.24) is 0 Å². The molecular formula is C10H18O3. The SMILES string of the molecule is CCCCCC(=O)C(C)C(=O)OC. The predicted octanol–water partition coefficient (Wildman–Crippen LogP) is 1.94. The van der Waals surface area contributed by atoms with E-state index in [1.807, 2.05) is 0 Å². The molecule has 0 aliphatic heterocycles. The topological polar surface area (TPSA) is 43.4 Å². The number of unbranched alkanes of at least 4 members (excludes halogenated alkanes) is 2. The van der Waals surface area contributed by atoms with Crippen molar-refractivity contribution in [3.05, 3.63) is 0 Å². The molecule has 0 amide bonds. The average molecular weight is 186 g/mol. The first kappa shape index (κ1) is 12.1. The number of hydrogen-bond donors (Lipinski definition) is 0. The monoisotopic (exact) mass is 186 g/mol. The highest BCUT2D eigenvalue weighted by Gasteiger charge is 2.20. The summed E-state index contributed by atoms with van der Waals surface area (Å²) in [5.41, 5.74) is 0. The van der Waals surface area contributed by atoms with E-state index < -0.39 is 11.9 Å². The van der Waals surface area contributed by atoms with Crippen molar-refractivity contribution < 1.29 is 14.3 Å². The van der Waals surface area contributed by atoms with E-state index in [1.54, 1.807) is 6.92 Å². The van der Waals surface area contributed by atoms with Crippen LogP contribution in [0.3, 0.4) is 0 Å². The van der Waals surface area contributed by atoms with E-state index in [2.05, 4.69) is 11.7 Å². The maximum Gasteiger partial charge on any atom is 0.315 e. The molecule has 0 aromatic rings. The number of ether oxygens (including phenoxy) is 1. The van der Waals surface area contributed by atoms with Crippen LogP contribution in [0, 0.1) is 5.92 Å². The first-order valence-electron chi connectivity index (χ1n) is 4.74. The molecule has 0 saturated heterocycles. The van der Waals surface area contributed by atoms with Crippen LogP contribution in [0.5, 0.6) is 0 Å². The van der Waals surface area contributed by atoms with Gasteiger partial charge in [0.05, 0.1) is 7.11 Å². The lowest BCUT2D eigenvalue weighted by molar-refractivity contribution is -0.148. The summed E-state index contributed by atoms with van der Waals surface area (Å²) in [4.78, 5) is 22.3. The molecule has 0 heterocycles. The summed E-state index contributed by atoms with van der Waals surface area (Å²) in [7, 11) is 1.30. The molecule has 1 unspecified atom stereocenters. The number of rotatable bonds is 6. The number of carbonyl (C=O) groups excluding carboxylic acids is 2. The second kappa shape index (κ2) is 6.63. The van der Waals surface area contributed by atoms with Gasteiger partial charge in [-0.05, 0) is 13.3 Å². The molecule has 3 heteroatoms. The van der Waals surface area contributed by atoms with Crippen LogP contribution in [-0.2, 0) is 14.3 Å². The Balaban J connectivity index is 3.76. The van der Waals surface area contributed by atoms with Gasteiger partial charge in [0, 0.05) is 6.42 Å². The van der Waals surface area contributed by atoms with Crippen LogP contribution in [0.4, 0.5) is 0 Å². The standard InChI is InChI=1S/C10H18O3/c1-4-5-6-7-9(11)8(2)10(12)13-3/h8H,4-7H2,1-3H3. The van der Waals surface area contributed by atoms with Crippen molar-refractivity contribution in [2.75, 3.05) is 7.11 Å². The molecule has 0 aromatic heterocycles. The molecule has 0 saturated carbocycles. The van der Waals surface area contributed by atoms with Crippen molar-refractivity contribution in [2.45, 2.75) is 39.5 Å². The molecule has 1 atom stereocenters. The Morgan fingerprint density at radius 3 is 2.38 bits per heavy atom. The third-order valence-electron chi connectivity index (χ3n) is 2.06. The molecule has 0 N–H and O–H groups in total. The molecule has 0 aromatic carbocycles. The van der Waals surface area contributed by atoms with Crippen molar-refractivity contribution in [3.8, 4) is 0 Å². The number of Topliss-reactive ketones (excluding diaryl/α,β-unsaturated/α-hetero) is 1. The normalized spacial score (nSPS) is 12.2. The van der Waals surface area contributed by atoms with Crippen LogP contribution in [0.2, 0.25) is 0 Å². The van der Waals surface area contributed by atoms with Crippen LogP contribution in [0.1, 0.15) is 39.5 Å². The lowest BCUT2D eigenvalue weighted by Crippen LogP contribution is -2.21. The van der Waals surface area contributed by atoms with Crippen molar-refractivity contribution in [2.24, 2.45) is 5.92 Å². The molecular weight excluding hydrogens is 168 g/mol. The fourth-order valence-electron chi connectivity index (χ4n) is 1.07. The molecule has 0 aliphatic rings. The smallest absolute Gasteiger partial charge is 0.315 e. The lowest BCUT2D eigenvalue weighted by Gasteiger charge is -2.06. The minimum Gasteiger partial charge on any atom is -0.468 e. The Bertz CT molecular complexity index is 175. The second-order valence-corrected chi connectivity index (χ2v) is 3.17. The second-order valence-electron chi connectivity index (χ2n) is 3.17. The van der Waals surface area contributed by atoms with Crippen LogP contribution in [-0.4, -0.2) is 18.9 Å². The van der Waals surface area contributed by atoms with E-state index in [4.69, 9.17) is 0 Å². The van der Waals surface area contributed by atoms with Crippen LogP contribution in [0.25, 0.3) is 0 Å². The molecule has 0 fully saturated rings. The predicted molar refractivity (Wildman–Crippen MR) is 50.3 cm³/mol. The van der Waals surface area contributed by atoms with Gasteiger partial charge in [0.1, 0.15) is 11.7 Å². The van der Waals surface area contributed by atoms with Crippen LogP contribution < -0.4 is 0 Å². The number of carbonyl (C=O) groups is 2. The van der Waals surface area contributed by atoms with Gasteiger partial charge < -0.3 is 4.74 Å². The van der Waals surface area contributed by atoms with Gasteiger partial charge >= 0.3 is 5.97 Å². The van der Waals surface area contributed by atoms with E-state index >= 15 is 0 Å². The number of hydrogen-bond acceptors (Lipinski definition) is 3. The van der Waals surface area contributed by atoms with Gasteiger partial charge in [-0.25, -0.2) is 0 Å². The molecule has 3 nitrogen and oxygen atoms in total. The zero-order valence-electron chi connectivity index (χ0n) is 8.63. The molecule has 0 rings (SSSR count). The van der Waals surface area contributed by atoms with Crippen molar-refractivity contribution in [1.29, 1.82) is 0 Å². The van der Waals surface area contributed by atoms with Gasteiger partial charge in [0.25, 0.3) is 0 Å². The third-order valence-corrected chi connectivity index (χ3v) is 2.06. The maximum absolute atomic E-state index is 11.3. The Morgan fingerprint density at radius 2 is 1.92 bits per heavy atom. The van der Waals surface area contributed by atoms with Gasteiger partial charge in [-0.1, -0.05) is 19.8 Å². The highest BCUT2D eigenvalue weighted by Crippen LogP contribution is 2.07. The summed E-state index contributed by atoms with van der Waals surface area (Å²) in [5.74, 6) is -1.04. The van der Waals surface area contributed by atoms with Crippen molar-refractivity contribution >= 4 is 11.8 Å². The zero-order valence-corrected chi connectivity index (χ0v) is 8.63. The minimum absolute atomic E-state index is 0.0136. The first-order chi connectivity index (χ1) is 6.13. The average Bonchev–Trinajstić information content (AvgIpc) is 2.15. The van der Waals surface area contributed by atoms with Gasteiger partial charge in [0.15, 0.2) is 0 Å². The minimum atomic E-state index is -0.596. The van der Waals surface area contributed by atoms with Gasteiger partial charge in [-0.2, -0.15) is 0 Å². The highest BCUT2D eigenvalue weighted by atomic mass is 16.5. The molecule has 0 radical (unpaired) electrons. The Labute approximate surface area is 79.5 Å². The van der Waals surface area contributed by atoms with E-state index in [0.29, 0.717) is 6.42 Å². The van der Waals surface area contributed by atoms with Crippen LogP contribution in [0.15, 0.2) is 0 Å². The van der Waals surface area contributed by atoms with E-state index in [9.17, 15) is 9.59 Å². The summed E-state index contributed by atoms with van der Waals surface area (Å²) >= 11 is 0. The summed E-state index contributed by atoms with van der Waals surface area (Å²) in [5, 5.41) is 0. The Hall–Kier alpha value is -0.860. The van der Waals surface area contributed by atoms with Crippen molar-refractivity contribution in [3.63, 3.8) is 0 Å². The fraction of sp³-hybridized carbons (Fsp3) is 0.800. The molecule has 0 spiro atoms. The summed E-state index contributed by atoms with van der Waals surface area (Å²) in [6.45, 7) is 3.67. The molecule has 0 aliphatic carbocycles. The lowest BCUT2D eigenvalue weighted by atomic mass is 10.0. The number of methoxy groups -OCH3 is 1. The fourth-order valence-corrected chi connectivity index (χ4v) is 1.07. The zero-order chi connectivity index (χ0) is 10.3. The van der Waals surface area contributed by atoms with E-state index in [1.165, 1.54) is 7.11 Å². The van der Waals surface area contributed by atoms with Gasteiger partial charge in [0.2, 0.25) is 0 Å². The number of esters is 1. The maximum atomic E-state index is 11.3. The highest BCUT2D eigenvalue weighted by molar-refractivity contribution is 5.98. The van der Waals surface area contributed by atoms with Crippen LogP contribution >= 0.6 is 0 Å². The van der Waals surface area contributed by atoms with Gasteiger partial charge in [-0.3, -0.25) is 9.59 Å². The quantitative estimate of drug-likeness (QED) is 0.362. The molecule has 76 valence electrons. The Morgan fingerprint density at radius 1 is 1.31 bits per heavy atom. The van der Waals surface area contributed by atoms with E-state index in [0.717, 1.165) is 19.3 Å². The van der Waals surface area contributed by atoms with Gasteiger partial charge in [-0.15, -0.1) is 0 Å². The Kier molecular flexibility index (Phi) is 6.20. The first-order valence-corrected chi connectivity index (χ1v) is 4.74. The summed E-state index contributed by atoms with van der Waals surface area (Å²) in [6, 6.07) is 0. The summed E-state index contributed by atoms with van der Waals surface area (Å²) in [6.07, 6.45) is 3.49. The summed E-state index contributed by atoms with van der Waals surface area (Å²) < 4.78 is 4.48. The third kappa shape index (κ3) is 4.65. The number of ketones is 1. The molecule has 0 bridgehead atoms. The molecule has 13 heavy (non-hydrogen) atoms. The van der Waals surface area contributed by atoms with E-state index in [-0.39, 0.29) is 5.78 Å².